The summed E-state index contributed by atoms with van der Waals surface area (Å²) in [5.41, 5.74) is 0.663. The number of aliphatic hydroxyl groups excluding tert-OH is 1. The second-order valence-electron chi connectivity index (χ2n) is 4.74. The first-order valence-electron chi connectivity index (χ1n) is 6.42. The maximum Gasteiger partial charge on any atom is 0.131 e. The van der Waals surface area contributed by atoms with Gasteiger partial charge in [-0.2, -0.15) is 0 Å². The fourth-order valence-electron chi connectivity index (χ4n) is 2.27. The van der Waals surface area contributed by atoms with E-state index < -0.39 is 0 Å². The summed E-state index contributed by atoms with van der Waals surface area (Å²) < 4.78 is 18.8. The smallest absolute Gasteiger partial charge is 0.131 e. The van der Waals surface area contributed by atoms with Crippen LogP contribution in [0.1, 0.15) is 24.8 Å². The largest absolute Gasteiger partial charge is 0.497 e. The van der Waals surface area contributed by atoms with Gasteiger partial charge in [-0.3, -0.25) is 4.90 Å². The van der Waals surface area contributed by atoms with Gasteiger partial charge in [-0.25, -0.2) is 4.39 Å². The zero-order chi connectivity index (χ0) is 13.0. The van der Waals surface area contributed by atoms with Gasteiger partial charge in [0.15, 0.2) is 0 Å². The molecule has 100 valence electrons. The van der Waals surface area contributed by atoms with Gasteiger partial charge in [0, 0.05) is 30.8 Å². The lowest BCUT2D eigenvalue weighted by Gasteiger charge is -2.37. The fraction of sp³-hybridized carbons (Fsp3) is 0.571. The minimum atomic E-state index is -0.239. The Morgan fingerprint density at radius 3 is 2.72 bits per heavy atom. The van der Waals surface area contributed by atoms with Crippen molar-refractivity contribution in [2.24, 2.45) is 0 Å². The molecule has 0 saturated heterocycles. The van der Waals surface area contributed by atoms with Gasteiger partial charge in [0.1, 0.15) is 11.6 Å². The second kappa shape index (κ2) is 6.16. The Labute approximate surface area is 107 Å². The van der Waals surface area contributed by atoms with Crippen molar-refractivity contribution in [2.45, 2.75) is 31.8 Å². The van der Waals surface area contributed by atoms with E-state index in [2.05, 4.69) is 4.90 Å². The van der Waals surface area contributed by atoms with Crippen molar-refractivity contribution in [3.63, 3.8) is 0 Å². The van der Waals surface area contributed by atoms with Crippen LogP contribution in [-0.4, -0.2) is 36.3 Å². The van der Waals surface area contributed by atoms with Gasteiger partial charge in [0.25, 0.3) is 0 Å². The monoisotopic (exact) mass is 253 g/mol. The Bertz CT molecular complexity index is 393. The highest BCUT2D eigenvalue weighted by Crippen LogP contribution is 2.27. The SMILES string of the molecule is COc1ccc(CN(CCO)C2CCC2)c(F)c1. The Morgan fingerprint density at radius 2 is 2.22 bits per heavy atom. The predicted molar refractivity (Wildman–Crippen MR) is 68.1 cm³/mol. The third kappa shape index (κ3) is 3.00. The van der Waals surface area contributed by atoms with Crippen molar-refractivity contribution in [3.8, 4) is 5.75 Å². The highest BCUT2D eigenvalue weighted by molar-refractivity contribution is 5.28. The molecule has 1 aliphatic rings. The highest BCUT2D eigenvalue weighted by atomic mass is 19.1. The Kier molecular flexibility index (Phi) is 4.55. The van der Waals surface area contributed by atoms with Crippen LogP contribution < -0.4 is 4.74 Å². The van der Waals surface area contributed by atoms with Crippen LogP contribution in [0.15, 0.2) is 18.2 Å². The van der Waals surface area contributed by atoms with Gasteiger partial charge in [-0.15, -0.1) is 0 Å². The lowest BCUT2D eigenvalue weighted by atomic mass is 9.91. The molecule has 0 radical (unpaired) electrons. The van der Waals surface area contributed by atoms with E-state index in [9.17, 15) is 4.39 Å². The molecule has 0 spiro atoms. The topological polar surface area (TPSA) is 32.7 Å². The molecule has 1 fully saturated rings. The van der Waals surface area contributed by atoms with E-state index in [1.165, 1.54) is 19.6 Å². The maximum absolute atomic E-state index is 13.9. The fourth-order valence-corrected chi connectivity index (χ4v) is 2.27. The van der Waals surface area contributed by atoms with Crippen LogP contribution in [0.4, 0.5) is 4.39 Å². The highest BCUT2D eigenvalue weighted by Gasteiger charge is 2.25. The lowest BCUT2D eigenvalue weighted by molar-refractivity contribution is 0.0934. The summed E-state index contributed by atoms with van der Waals surface area (Å²) >= 11 is 0. The molecule has 4 heteroatoms. The van der Waals surface area contributed by atoms with E-state index in [4.69, 9.17) is 9.84 Å². The van der Waals surface area contributed by atoms with Crippen LogP contribution in [0.2, 0.25) is 0 Å². The molecule has 1 aromatic carbocycles. The molecular weight excluding hydrogens is 233 g/mol. The van der Waals surface area contributed by atoms with E-state index in [-0.39, 0.29) is 12.4 Å². The summed E-state index contributed by atoms with van der Waals surface area (Å²) in [6, 6.07) is 5.44. The summed E-state index contributed by atoms with van der Waals surface area (Å²) in [7, 11) is 1.53. The van der Waals surface area contributed by atoms with Gasteiger partial charge in [0.2, 0.25) is 0 Å². The number of benzene rings is 1. The van der Waals surface area contributed by atoms with Crippen LogP contribution in [0, 0.1) is 5.82 Å². The van der Waals surface area contributed by atoms with Crippen molar-refractivity contribution < 1.29 is 14.2 Å². The number of hydrogen-bond donors (Lipinski definition) is 1. The molecule has 1 aliphatic carbocycles. The zero-order valence-corrected chi connectivity index (χ0v) is 10.7. The van der Waals surface area contributed by atoms with Crippen molar-refractivity contribution >= 4 is 0 Å². The second-order valence-corrected chi connectivity index (χ2v) is 4.74. The third-order valence-corrected chi connectivity index (χ3v) is 3.61. The number of methoxy groups -OCH3 is 1. The Balaban J connectivity index is 2.05. The molecule has 0 aromatic heterocycles. The summed E-state index contributed by atoms with van der Waals surface area (Å²) in [4.78, 5) is 2.16. The molecule has 0 unspecified atom stereocenters. The molecule has 3 nitrogen and oxygen atoms in total. The number of rotatable bonds is 6. The maximum atomic E-state index is 13.9. The van der Waals surface area contributed by atoms with Crippen LogP contribution >= 0.6 is 0 Å². The average molecular weight is 253 g/mol. The van der Waals surface area contributed by atoms with E-state index in [1.807, 2.05) is 0 Å². The quantitative estimate of drug-likeness (QED) is 0.843. The number of nitrogens with zero attached hydrogens (tertiary/aromatic N) is 1. The van der Waals surface area contributed by atoms with E-state index in [1.54, 1.807) is 12.1 Å². The molecule has 2 rings (SSSR count). The zero-order valence-electron chi connectivity index (χ0n) is 10.7. The molecule has 1 aromatic rings. The van der Waals surface area contributed by atoms with Crippen LogP contribution in [0.25, 0.3) is 0 Å². The van der Waals surface area contributed by atoms with Crippen molar-refractivity contribution in [3.05, 3.63) is 29.6 Å². The van der Waals surface area contributed by atoms with Crippen molar-refractivity contribution in [2.75, 3.05) is 20.3 Å². The van der Waals surface area contributed by atoms with Crippen molar-refractivity contribution in [1.82, 2.24) is 4.90 Å². The predicted octanol–water partition coefficient (Wildman–Crippen LogP) is 2.18. The van der Waals surface area contributed by atoms with Gasteiger partial charge < -0.3 is 9.84 Å². The number of aliphatic hydroxyl groups is 1. The van der Waals surface area contributed by atoms with Crippen molar-refractivity contribution in [1.29, 1.82) is 0 Å². The molecular formula is C14H20FNO2. The first kappa shape index (κ1) is 13.3. The molecule has 0 heterocycles. The summed E-state index contributed by atoms with van der Waals surface area (Å²) in [6.45, 7) is 1.28. The molecule has 0 atom stereocenters. The average Bonchev–Trinajstić information content (AvgIpc) is 2.29. The first-order valence-corrected chi connectivity index (χ1v) is 6.42. The molecule has 1 saturated carbocycles. The minimum Gasteiger partial charge on any atom is -0.497 e. The van der Waals surface area contributed by atoms with E-state index >= 15 is 0 Å². The number of hydrogen-bond acceptors (Lipinski definition) is 3. The summed E-state index contributed by atoms with van der Waals surface area (Å²) in [6.07, 6.45) is 3.53. The van der Waals surface area contributed by atoms with E-state index in [0.717, 1.165) is 12.8 Å². The molecule has 0 amide bonds. The van der Waals surface area contributed by atoms with Gasteiger partial charge >= 0.3 is 0 Å². The van der Waals surface area contributed by atoms with E-state index in [0.29, 0.717) is 30.4 Å². The van der Waals surface area contributed by atoms with Gasteiger partial charge in [0.05, 0.1) is 13.7 Å². The Morgan fingerprint density at radius 1 is 1.44 bits per heavy atom. The summed E-state index contributed by atoms with van der Waals surface area (Å²) in [5, 5.41) is 9.08. The number of halogens is 1. The van der Waals surface area contributed by atoms with Crippen LogP contribution in [-0.2, 0) is 6.54 Å². The molecule has 0 bridgehead atoms. The third-order valence-electron chi connectivity index (χ3n) is 3.61. The Hall–Kier alpha value is -1.13. The molecule has 18 heavy (non-hydrogen) atoms. The number of ether oxygens (including phenoxy) is 1. The van der Waals surface area contributed by atoms with Gasteiger partial charge in [-0.1, -0.05) is 12.5 Å². The minimum absolute atomic E-state index is 0.119. The lowest BCUT2D eigenvalue weighted by Crippen LogP contribution is -2.41. The van der Waals surface area contributed by atoms with Crippen LogP contribution in [0.3, 0.4) is 0 Å². The van der Waals surface area contributed by atoms with Crippen LogP contribution in [0.5, 0.6) is 5.75 Å². The normalized spacial score (nSPS) is 15.8. The summed E-state index contributed by atoms with van der Waals surface area (Å²) in [5.74, 6) is 0.296. The standard InChI is InChI=1S/C14H20FNO2/c1-18-13-6-5-11(14(15)9-13)10-16(7-8-17)12-3-2-4-12/h5-6,9,12,17H,2-4,7-8,10H2,1H3. The first-order chi connectivity index (χ1) is 8.74. The molecule has 1 N–H and O–H groups in total. The molecule has 0 aliphatic heterocycles. The van der Waals surface area contributed by atoms with Gasteiger partial charge in [-0.05, 0) is 18.9 Å².